The quantitative estimate of drug-likeness (QED) is 0.758. The Morgan fingerprint density at radius 2 is 2.00 bits per heavy atom. The van der Waals surface area contributed by atoms with E-state index in [1.165, 1.54) is 25.7 Å². The summed E-state index contributed by atoms with van der Waals surface area (Å²) in [7, 11) is 0. The van der Waals surface area contributed by atoms with Crippen LogP contribution in [0, 0.1) is 36.0 Å². The summed E-state index contributed by atoms with van der Waals surface area (Å²) in [6.07, 6.45) is 11.4. The van der Waals surface area contributed by atoms with Crippen molar-refractivity contribution >= 4 is 5.91 Å². The number of amides is 1. The highest BCUT2D eigenvalue weighted by molar-refractivity contribution is 5.81. The zero-order valence-corrected chi connectivity index (χ0v) is 10.8. The SMILES string of the molecule is C#CCN(CC1CC1)C(=O)C1C2CCC(C2)C1N. The van der Waals surface area contributed by atoms with Crippen molar-refractivity contribution < 1.29 is 4.79 Å². The van der Waals surface area contributed by atoms with E-state index in [2.05, 4.69) is 5.92 Å². The van der Waals surface area contributed by atoms with Gasteiger partial charge in [0.2, 0.25) is 5.91 Å². The molecule has 3 saturated carbocycles. The second-order valence-corrected chi connectivity index (χ2v) is 6.30. The molecule has 0 aliphatic heterocycles. The zero-order chi connectivity index (χ0) is 12.7. The highest BCUT2D eigenvalue weighted by atomic mass is 16.2. The van der Waals surface area contributed by atoms with Gasteiger partial charge >= 0.3 is 0 Å². The van der Waals surface area contributed by atoms with Crippen LogP contribution in [0.4, 0.5) is 0 Å². The second-order valence-electron chi connectivity index (χ2n) is 6.30. The summed E-state index contributed by atoms with van der Waals surface area (Å²) in [6, 6.07) is 0.0794. The first kappa shape index (κ1) is 12.0. The number of nitrogens with two attached hydrogens (primary N) is 1. The first-order chi connectivity index (χ1) is 8.70. The molecule has 0 spiro atoms. The van der Waals surface area contributed by atoms with Crippen LogP contribution in [0.5, 0.6) is 0 Å². The Balaban J connectivity index is 1.69. The largest absolute Gasteiger partial charge is 0.331 e. The molecule has 0 heterocycles. The van der Waals surface area contributed by atoms with Gasteiger partial charge in [-0.2, -0.15) is 0 Å². The Kier molecular flexibility index (Phi) is 3.07. The van der Waals surface area contributed by atoms with Gasteiger partial charge in [-0.3, -0.25) is 4.79 Å². The smallest absolute Gasteiger partial charge is 0.228 e. The van der Waals surface area contributed by atoms with Crippen LogP contribution >= 0.6 is 0 Å². The molecule has 2 N–H and O–H groups in total. The van der Waals surface area contributed by atoms with Gasteiger partial charge in [0, 0.05) is 12.6 Å². The Hall–Kier alpha value is -1.01. The molecule has 4 atom stereocenters. The Bertz CT molecular complexity index is 380. The van der Waals surface area contributed by atoms with E-state index in [1.807, 2.05) is 4.90 Å². The lowest BCUT2D eigenvalue weighted by molar-refractivity contribution is -0.137. The van der Waals surface area contributed by atoms with Gasteiger partial charge in [0.25, 0.3) is 0 Å². The van der Waals surface area contributed by atoms with Crippen LogP contribution in [0.1, 0.15) is 32.1 Å². The third kappa shape index (κ3) is 2.03. The van der Waals surface area contributed by atoms with Gasteiger partial charge < -0.3 is 10.6 Å². The molecule has 0 saturated heterocycles. The standard InChI is InChI=1S/C15H22N2O/c1-2-7-17(9-10-3-4-10)15(18)13-11-5-6-12(8-11)14(13)16/h1,10-14H,3-9,16H2. The summed E-state index contributed by atoms with van der Waals surface area (Å²) in [5.41, 5.74) is 6.25. The Morgan fingerprint density at radius 1 is 1.28 bits per heavy atom. The molecule has 1 amide bonds. The molecule has 18 heavy (non-hydrogen) atoms. The average Bonchev–Trinajstić information content (AvgIpc) is 2.95. The first-order valence-electron chi connectivity index (χ1n) is 7.18. The van der Waals surface area contributed by atoms with E-state index in [0.29, 0.717) is 24.3 Å². The van der Waals surface area contributed by atoms with Crippen molar-refractivity contribution in [2.75, 3.05) is 13.1 Å². The number of carbonyl (C=O) groups is 1. The first-order valence-corrected chi connectivity index (χ1v) is 7.18. The summed E-state index contributed by atoms with van der Waals surface area (Å²) in [5, 5.41) is 0. The molecule has 3 nitrogen and oxygen atoms in total. The van der Waals surface area contributed by atoms with E-state index in [-0.39, 0.29) is 17.9 Å². The van der Waals surface area contributed by atoms with Crippen molar-refractivity contribution in [1.29, 1.82) is 0 Å². The molecule has 3 rings (SSSR count). The van der Waals surface area contributed by atoms with E-state index < -0.39 is 0 Å². The van der Waals surface area contributed by atoms with Crippen LogP contribution in [0.15, 0.2) is 0 Å². The summed E-state index contributed by atoms with van der Waals surface area (Å²) >= 11 is 0. The molecule has 98 valence electrons. The Morgan fingerprint density at radius 3 is 2.56 bits per heavy atom. The molecule has 3 aliphatic carbocycles. The van der Waals surface area contributed by atoms with Crippen molar-refractivity contribution in [3.63, 3.8) is 0 Å². The lowest BCUT2D eigenvalue weighted by Gasteiger charge is -2.32. The minimum atomic E-state index is 0.0517. The van der Waals surface area contributed by atoms with Crippen molar-refractivity contribution in [3.8, 4) is 12.3 Å². The van der Waals surface area contributed by atoms with Gasteiger partial charge in [-0.25, -0.2) is 0 Å². The monoisotopic (exact) mass is 246 g/mol. The molecule has 4 unspecified atom stereocenters. The number of nitrogens with zero attached hydrogens (tertiary/aromatic N) is 1. The summed E-state index contributed by atoms with van der Waals surface area (Å²) < 4.78 is 0. The summed E-state index contributed by atoms with van der Waals surface area (Å²) in [4.78, 5) is 14.5. The Labute approximate surface area is 109 Å². The van der Waals surface area contributed by atoms with Crippen LogP contribution in [0.3, 0.4) is 0 Å². The maximum Gasteiger partial charge on any atom is 0.228 e. The fourth-order valence-electron chi connectivity index (χ4n) is 3.87. The van der Waals surface area contributed by atoms with Gasteiger partial charge in [-0.15, -0.1) is 6.42 Å². The predicted octanol–water partition coefficient (Wildman–Crippen LogP) is 1.23. The van der Waals surface area contributed by atoms with E-state index in [9.17, 15) is 4.79 Å². The molecule has 0 aromatic carbocycles. The number of fused-ring (bicyclic) bond motifs is 2. The van der Waals surface area contributed by atoms with Crippen LogP contribution in [0.2, 0.25) is 0 Å². The van der Waals surface area contributed by atoms with Crippen molar-refractivity contribution in [3.05, 3.63) is 0 Å². The molecule has 3 fully saturated rings. The van der Waals surface area contributed by atoms with E-state index >= 15 is 0 Å². The lowest BCUT2D eigenvalue weighted by atomic mass is 9.84. The molecule has 3 heteroatoms. The predicted molar refractivity (Wildman–Crippen MR) is 70.4 cm³/mol. The molecular weight excluding hydrogens is 224 g/mol. The van der Waals surface area contributed by atoms with Crippen molar-refractivity contribution in [2.45, 2.75) is 38.1 Å². The molecule has 0 aromatic rings. The highest BCUT2D eigenvalue weighted by Crippen LogP contribution is 2.48. The molecule has 0 radical (unpaired) electrons. The lowest BCUT2D eigenvalue weighted by Crippen LogP contribution is -2.47. The number of hydrogen-bond acceptors (Lipinski definition) is 2. The highest BCUT2D eigenvalue weighted by Gasteiger charge is 2.50. The van der Waals surface area contributed by atoms with Gasteiger partial charge in [-0.05, 0) is 49.9 Å². The van der Waals surface area contributed by atoms with Crippen molar-refractivity contribution in [1.82, 2.24) is 4.90 Å². The second kappa shape index (κ2) is 4.59. The molecular formula is C15H22N2O. The maximum absolute atomic E-state index is 12.6. The van der Waals surface area contributed by atoms with Crippen LogP contribution in [-0.4, -0.2) is 29.9 Å². The average molecular weight is 246 g/mol. The molecule has 2 bridgehead atoms. The van der Waals surface area contributed by atoms with Crippen LogP contribution in [0.25, 0.3) is 0 Å². The van der Waals surface area contributed by atoms with Crippen LogP contribution < -0.4 is 5.73 Å². The summed E-state index contributed by atoms with van der Waals surface area (Å²) in [5.74, 6) is 4.71. The third-order valence-corrected chi connectivity index (χ3v) is 5.04. The van der Waals surface area contributed by atoms with Gasteiger partial charge in [0.05, 0.1) is 12.5 Å². The van der Waals surface area contributed by atoms with Gasteiger partial charge in [-0.1, -0.05) is 5.92 Å². The van der Waals surface area contributed by atoms with Gasteiger partial charge in [0.1, 0.15) is 0 Å². The van der Waals surface area contributed by atoms with E-state index in [0.717, 1.165) is 13.0 Å². The topological polar surface area (TPSA) is 46.3 Å². The number of rotatable bonds is 4. The zero-order valence-electron chi connectivity index (χ0n) is 10.8. The minimum Gasteiger partial charge on any atom is -0.331 e. The number of terminal acetylenes is 1. The third-order valence-electron chi connectivity index (χ3n) is 5.04. The molecule has 3 aliphatic rings. The number of carbonyl (C=O) groups excluding carboxylic acids is 1. The van der Waals surface area contributed by atoms with E-state index in [4.69, 9.17) is 12.2 Å². The fraction of sp³-hybridized carbons (Fsp3) is 0.800. The normalized spacial score (nSPS) is 37.6. The number of hydrogen-bond donors (Lipinski definition) is 1. The molecule has 0 aromatic heterocycles. The van der Waals surface area contributed by atoms with E-state index in [1.54, 1.807) is 0 Å². The fourth-order valence-corrected chi connectivity index (χ4v) is 3.87. The maximum atomic E-state index is 12.6. The van der Waals surface area contributed by atoms with Crippen molar-refractivity contribution in [2.24, 2.45) is 29.4 Å². The minimum absolute atomic E-state index is 0.0517. The summed E-state index contributed by atoms with van der Waals surface area (Å²) in [6.45, 7) is 1.31. The van der Waals surface area contributed by atoms with Gasteiger partial charge in [0.15, 0.2) is 0 Å². The van der Waals surface area contributed by atoms with Crippen LogP contribution in [-0.2, 0) is 4.79 Å².